The number of allylic oxidation sites excluding steroid dienone is 1. The molecule has 2 atom stereocenters. The van der Waals surface area contributed by atoms with E-state index in [2.05, 4.69) is 5.32 Å². The lowest BCUT2D eigenvalue weighted by atomic mass is 9.80. The SMILES string of the molecule is CCOC(=O)C1=C(C)NC(CSCC2CO2)=C(C(=O)OCC)C1c1ccc(Cl)cc1. The zero-order chi connectivity index (χ0) is 21.7. The molecule has 30 heavy (non-hydrogen) atoms. The van der Waals surface area contributed by atoms with E-state index in [0.717, 1.165) is 23.6 Å². The zero-order valence-electron chi connectivity index (χ0n) is 17.3. The molecule has 1 saturated heterocycles. The fraction of sp³-hybridized carbons (Fsp3) is 0.455. The van der Waals surface area contributed by atoms with Gasteiger partial charge in [0.25, 0.3) is 0 Å². The molecule has 1 aromatic rings. The number of nitrogens with one attached hydrogen (secondary N) is 1. The van der Waals surface area contributed by atoms with E-state index in [1.54, 1.807) is 37.7 Å². The maximum atomic E-state index is 13.0. The predicted octanol–water partition coefficient (Wildman–Crippen LogP) is 3.81. The van der Waals surface area contributed by atoms with Crippen molar-refractivity contribution < 1.29 is 23.8 Å². The molecule has 0 radical (unpaired) electrons. The number of dihydropyridines is 1. The van der Waals surface area contributed by atoms with Crippen LogP contribution in [0.4, 0.5) is 0 Å². The highest BCUT2D eigenvalue weighted by atomic mass is 35.5. The van der Waals surface area contributed by atoms with Gasteiger partial charge in [-0.15, -0.1) is 0 Å². The van der Waals surface area contributed by atoms with E-state index in [0.29, 0.717) is 27.6 Å². The molecule has 2 unspecified atom stereocenters. The van der Waals surface area contributed by atoms with Crippen molar-refractivity contribution in [1.29, 1.82) is 0 Å². The predicted molar refractivity (Wildman–Crippen MR) is 117 cm³/mol. The number of esters is 2. The molecule has 1 fully saturated rings. The largest absolute Gasteiger partial charge is 0.463 e. The average molecular weight is 452 g/mol. The summed E-state index contributed by atoms with van der Waals surface area (Å²) in [6.45, 7) is 6.61. The van der Waals surface area contributed by atoms with Gasteiger partial charge in [0.05, 0.1) is 43.0 Å². The van der Waals surface area contributed by atoms with Gasteiger partial charge >= 0.3 is 11.9 Å². The van der Waals surface area contributed by atoms with Crippen LogP contribution in [-0.4, -0.2) is 49.4 Å². The molecule has 0 saturated carbocycles. The maximum absolute atomic E-state index is 13.0. The number of epoxide rings is 1. The Kier molecular flexibility index (Phi) is 7.86. The molecule has 8 heteroatoms. The second kappa shape index (κ2) is 10.4. The van der Waals surface area contributed by atoms with E-state index in [4.69, 9.17) is 25.8 Å². The van der Waals surface area contributed by atoms with Crippen LogP contribution in [0.3, 0.4) is 0 Å². The standard InChI is InChI=1S/C22H26ClNO5S/c1-4-27-21(25)18-13(3)24-17(12-30-11-16-10-29-16)20(22(26)28-5-2)19(18)14-6-8-15(23)9-7-14/h6-9,16,19,24H,4-5,10-12H2,1-3H3. The lowest BCUT2D eigenvalue weighted by Gasteiger charge is -2.31. The molecule has 2 heterocycles. The van der Waals surface area contributed by atoms with Gasteiger partial charge in [-0.2, -0.15) is 11.8 Å². The topological polar surface area (TPSA) is 77.2 Å². The number of carbonyl (C=O) groups is 2. The Bertz CT molecular complexity index is 861. The highest BCUT2D eigenvalue weighted by Crippen LogP contribution is 2.40. The van der Waals surface area contributed by atoms with E-state index in [9.17, 15) is 9.59 Å². The van der Waals surface area contributed by atoms with Crippen molar-refractivity contribution >= 4 is 35.3 Å². The molecule has 0 aromatic heterocycles. The molecule has 0 amide bonds. The van der Waals surface area contributed by atoms with Crippen LogP contribution in [0, 0.1) is 0 Å². The Labute approximate surface area is 186 Å². The Morgan fingerprint density at radius 3 is 2.30 bits per heavy atom. The van der Waals surface area contributed by atoms with Crippen molar-refractivity contribution in [3.63, 3.8) is 0 Å². The minimum atomic E-state index is -0.602. The van der Waals surface area contributed by atoms with Gasteiger partial charge in [0, 0.05) is 27.9 Å². The number of hydrogen-bond donors (Lipinski definition) is 1. The number of thioether (sulfide) groups is 1. The monoisotopic (exact) mass is 451 g/mol. The summed E-state index contributed by atoms with van der Waals surface area (Å²) in [5.41, 5.74) is 3.02. The fourth-order valence-electron chi connectivity index (χ4n) is 3.38. The van der Waals surface area contributed by atoms with Crippen molar-refractivity contribution in [2.45, 2.75) is 32.8 Å². The van der Waals surface area contributed by atoms with E-state index in [1.165, 1.54) is 0 Å². The quantitative estimate of drug-likeness (QED) is 0.451. The molecule has 0 aliphatic carbocycles. The van der Waals surface area contributed by atoms with Crippen molar-refractivity contribution in [1.82, 2.24) is 5.32 Å². The summed E-state index contributed by atoms with van der Waals surface area (Å²) in [5, 5.41) is 3.85. The molecule has 2 aliphatic heterocycles. The summed E-state index contributed by atoms with van der Waals surface area (Å²) in [5.74, 6) is -0.0828. The van der Waals surface area contributed by atoms with Crippen molar-refractivity contribution in [3.8, 4) is 0 Å². The van der Waals surface area contributed by atoms with Gasteiger partial charge in [-0.05, 0) is 38.5 Å². The van der Waals surface area contributed by atoms with Gasteiger partial charge in [0.1, 0.15) is 0 Å². The molecule has 3 rings (SSSR count). The van der Waals surface area contributed by atoms with Crippen LogP contribution in [0.5, 0.6) is 0 Å². The van der Waals surface area contributed by atoms with Crippen LogP contribution in [0.1, 0.15) is 32.3 Å². The lowest BCUT2D eigenvalue weighted by Crippen LogP contribution is -2.34. The first-order valence-electron chi connectivity index (χ1n) is 9.96. The second-order valence-electron chi connectivity index (χ2n) is 6.95. The molecular weight excluding hydrogens is 426 g/mol. The third-order valence-corrected chi connectivity index (χ3v) is 6.14. The van der Waals surface area contributed by atoms with Crippen LogP contribution < -0.4 is 5.32 Å². The highest BCUT2D eigenvalue weighted by molar-refractivity contribution is 7.99. The first kappa shape index (κ1) is 22.7. The van der Waals surface area contributed by atoms with E-state index < -0.39 is 17.9 Å². The molecule has 1 aromatic carbocycles. The number of ether oxygens (including phenoxy) is 3. The van der Waals surface area contributed by atoms with Crippen molar-refractivity contribution in [2.75, 3.05) is 31.3 Å². The average Bonchev–Trinajstić information content (AvgIpc) is 3.52. The number of rotatable bonds is 9. The van der Waals surface area contributed by atoms with Crippen LogP contribution in [-0.2, 0) is 23.8 Å². The number of hydrogen-bond acceptors (Lipinski definition) is 7. The number of halogens is 1. The number of carbonyl (C=O) groups excluding carboxylic acids is 2. The van der Waals surface area contributed by atoms with Crippen LogP contribution in [0.15, 0.2) is 46.8 Å². The Balaban J connectivity index is 2.06. The van der Waals surface area contributed by atoms with E-state index in [1.807, 2.05) is 19.1 Å². The molecule has 1 N–H and O–H groups in total. The fourth-order valence-corrected chi connectivity index (χ4v) is 4.52. The number of benzene rings is 1. The smallest absolute Gasteiger partial charge is 0.336 e. The third-order valence-electron chi connectivity index (χ3n) is 4.79. The van der Waals surface area contributed by atoms with Gasteiger partial charge in [-0.1, -0.05) is 23.7 Å². The summed E-state index contributed by atoms with van der Waals surface area (Å²) < 4.78 is 16.0. The highest BCUT2D eigenvalue weighted by Gasteiger charge is 2.39. The van der Waals surface area contributed by atoms with Gasteiger partial charge in [-0.3, -0.25) is 0 Å². The Morgan fingerprint density at radius 2 is 1.73 bits per heavy atom. The van der Waals surface area contributed by atoms with Gasteiger partial charge in [-0.25, -0.2) is 9.59 Å². The minimum Gasteiger partial charge on any atom is -0.463 e. The summed E-state index contributed by atoms with van der Waals surface area (Å²) in [4.78, 5) is 25.9. The normalized spacial score (nSPS) is 20.7. The van der Waals surface area contributed by atoms with Crippen LogP contribution in [0.25, 0.3) is 0 Å². The van der Waals surface area contributed by atoms with Gasteiger partial charge in [0.15, 0.2) is 0 Å². The summed E-state index contributed by atoms with van der Waals surface area (Å²) in [6, 6.07) is 7.15. The van der Waals surface area contributed by atoms with Crippen LogP contribution >= 0.6 is 23.4 Å². The maximum Gasteiger partial charge on any atom is 0.336 e. The molecule has 6 nitrogen and oxygen atoms in total. The van der Waals surface area contributed by atoms with E-state index >= 15 is 0 Å². The molecule has 0 spiro atoms. The summed E-state index contributed by atoms with van der Waals surface area (Å²) >= 11 is 7.75. The van der Waals surface area contributed by atoms with Crippen molar-refractivity contribution in [2.24, 2.45) is 0 Å². The first-order valence-corrected chi connectivity index (χ1v) is 11.5. The van der Waals surface area contributed by atoms with Gasteiger partial charge in [0.2, 0.25) is 0 Å². The van der Waals surface area contributed by atoms with Crippen LogP contribution in [0.2, 0.25) is 5.02 Å². The lowest BCUT2D eigenvalue weighted by molar-refractivity contribution is -0.139. The van der Waals surface area contributed by atoms with Crippen molar-refractivity contribution in [3.05, 3.63) is 57.4 Å². The zero-order valence-corrected chi connectivity index (χ0v) is 18.9. The van der Waals surface area contributed by atoms with E-state index in [-0.39, 0.29) is 19.3 Å². The molecule has 0 bridgehead atoms. The summed E-state index contributed by atoms with van der Waals surface area (Å²) in [6.07, 6.45) is 0.282. The Hall–Kier alpha value is -1.96. The molecular formula is C22H26ClNO5S. The summed E-state index contributed by atoms with van der Waals surface area (Å²) in [7, 11) is 0. The third kappa shape index (κ3) is 5.39. The second-order valence-corrected chi connectivity index (χ2v) is 8.42. The van der Waals surface area contributed by atoms with Gasteiger partial charge < -0.3 is 19.5 Å². The first-order chi connectivity index (χ1) is 14.5. The molecule has 2 aliphatic rings. The molecule has 162 valence electrons. The minimum absolute atomic E-state index is 0.240. The Morgan fingerprint density at radius 1 is 1.13 bits per heavy atom.